The standard InChI is InChI=1S/C12H16N2O2/c1-2-16-12(15)8-11(13)14-9-10-6-4-3-5-7-10/h3-8,14H,2,9,13H2,1H3. The summed E-state index contributed by atoms with van der Waals surface area (Å²) in [6.45, 7) is 2.68. The molecule has 0 aliphatic carbocycles. The van der Waals surface area contributed by atoms with E-state index in [-0.39, 0.29) is 0 Å². The molecular formula is C12H16N2O2. The number of nitrogens with two attached hydrogens (primary N) is 1. The summed E-state index contributed by atoms with van der Waals surface area (Å²) in [5, 5.41) is 2.93. The van der Waals surface area contributed by atoms with Crippen LogP contribution in [0.25, 0.3) is 0 Å². The highest BCUT2D eigenvalue weighted by Crippen LogP contribution is 1.97. The second kappa shape index (κ2) is 6.50. The van der Waals surface area contributed by atoms with E-state index in [1.807, 2.05) is 30.3 Å². The van der Waals surface area contributed by atoms with Crippen LogP contribution in [-0.4, -0.2) is 12.6 Å². The van der Waals surface area contributed by atoms with Gasteiger partial charge >= 0.3 is 5.97 Å². The first-order chi connectivity index (χ1) is 7.72. The van der Waals surface area contributed by atoms with Crippen LogP contribution in [0.4, 0.5) is 0 Å². The number of carbonyl (C=O) groups is 1. The second-order valence-corrected chi connectivity index (χ2v) is 3.19. The summed E-state index contributed by atoms with van der Waals surface area (Å²) in [5.41, 5.74) is 6.70. The first kappa shape index (κ1) is 12.1. The molecule has 1 rings (SSSR count). The summed E-state index contributed by atoms with van der Waals surface area (Å²) >= 11 is 0. The van der Waals surface area contributed by atoms with Crippen molar-refractivity contribution in [2.24, 2.45) is 5.73 Å². The molecule has 86 valence electrons. The topological polar surface area (TPSA) is 64.3 Å². The van der Waals surface area contributed by atoms with Crippen molar-refractivity contribution in [2.45, 2.75) is 13.5 Å². The molecule has 3 N–H and O–H groups in total. The monoisotopic (exact) mass is 220 g/mol. The van der Waals surface area contributed by atoms with Gasteiger partial charge in [-0.2, -0.15) is 0 Å². The molecule has 0 amide bonds. The number of esters is 1. The van der Waals surface area contributed by atoms with Crippen molar-refractivity contribution < 1.29 is 9.53 Å². The minimum atomic E-state index is -0.430. The molecule has 1 aromatic rings. The third-order valence-electron chi connectivity index (χ3n) is 1.90. The van der Waals surface area contributed by atoms with E-state index < -0.39 is 5.97 Å². The summed E-state index contributed by atoms with van der Waals surface area (Å²) in [4.78, 5) is 11.0. The van der Waals surface area contributed by atoms with Crippen LogP contribution < -0.4 is 11.1 Å². The molecule has 0 radical (unpaired) electrons. The maximum absolute atomic E-state index is 11.0. The normalized spacial score (nSPS) is 10.9. The Bertz CT molecular complexity index is 361. The fourth-order valence-electron chi connectivity index (χ4n) is 1.16. The van der Waals surface area contributed by atoms with Crippen LogP contribution in [0, 0.1) is 0 Å². The average Bonchev–Trinajstić information content (AvgIpc) is 2.28. The van der Waals surface area contributed by atoms with Crippen LogP contribution in [0.5, 0.6) is 0 Å². The summed E-state index contributed by atoms with van der Waals surface area (Å²) in [7, 11) is 0. The van der Waals surface area contributed by atoms with Crippen molar-refractivity contribution in [2.75, 3.05) is 6.61 Å². The fourth-order valence-corrected chi connectivity index (χ4v) is 1.16. The summed E-state index contributed by atoms with van der Waals surface area (Å²) < 4.78 is 4.73. The van der Waals surface area contributed by atoms with Crippen molar-refractivity contribution in [3.63, 3.8) is 0 Å². The van der Waals surface area contributed by atoms with Crippen LogP contribution in [0.1, 0.15) is 12.5 Å². The molecule has 0 fully saturated rings. The number of hydrogen-bond donors (Lipinski definition) is 2. The van der Waals surface area contributed by atoms with Gasteiger partial charge in [0.2, 0.25) is 0 Å². The Labute approximate surface area is 95.1 Å². The average molecular weight is 220 g/mol. The Morgan fingerprint density at radius 1 is 1.44 bits per heavy atom. The van der Waals surface area contributed by atoms with Gasteiger partial charge in [-0.05, 0) is 12.5 Å². The number of ether oxygens (including phenoxy) is 1. The van der Waals surface area contributed by atoms with Crippen LogP contribution >= 0.6 is 0 Å². The van der Waals surface area contributed by atoms with Gasteiger partial charge in [0.1, 0.15) is 5.82 Å². The van der Waals surface area contributed by atoms with Crippen LogP contribution in [-0.2, 0) is 16.1 Å². The van der Waals surface area contributed by atoms with E-state index in [2.05, 4.69) is 5.32 Å². The van der Waals surface area contributed by atoms with Crippen molar-refractivity contribution in [1.29, 1.82) is 0 Å². The van der Waals surface area contributed by atoms with Gasteiger partial charge in [0.05, 0.1) is 12.7 Å². The maximum atomic E-state index is 11.0. The van der Waals surface area contributed by atoms with E-state index in [1.165, 1.54) is 6.08 Å². The van der Waals surface area contributed by atoms with Crippen molar-refractivity contribution in [3.8, 4) is 0 Å². The molecule has 4 heteroatoms. The maximum Gasteiger partial charge on any atom is 0.334 e. The predicted molar refractivity (Wildman–Crippen MR) is 62.2 cm³/mol. The number of carbonyl (C=O) groups excluding carboxylic acids is 1. The molecule has 16 heavy (non-hydrogen) atoms. The lowest BCUT2D eigenvalue weighted by Gasteiger charge is -2.06. The highest BCUT2D eigenvalue weighted by molar-refractivity contribution is 5.82. The Hall–Kier alpha value is -1.97. The van der Waals surface area contributed by atoms with Gasteiger partial charge in [-0.3, -0.25) is 0 Å². The number of benzene rings is 1. The number of rotatable bonds is 5. The molecule has 0 saturated heterocycles. The van der Waals surface area contributed by atoms with Gasteiger partial charge in [0, 0.05) is 6.54 Å². The minimum Gasteiger partial charge on any atom is -0.463 e. The molecule has 0 saturated carbocycles. The first-order valence-corrected chi connectivity index (χ1v) is 5.14. The molecule has 1 aromatic carbocycles. The van der Waals surface area contributed by atoms with Gasteiger partial charge in [-0.1, -0.05) is 30.3 Å². The lowest BCUT2D eigenvalue weighted by Crippen LogP contribution is -2.21. The Morgan fingerprint density at radius 2 is 2.12 bits per heavy atom. The van der Waals surface area contributed by atoms with E-state index in [1.54, 1.807) is 6.92 Å². The Kier molecular flexibility index (Phi) is 4.92. The molecule has 0 unspecified atom stereocenters. The number of nitrogens with one attached hydrogen (secondary N) is 1. The minimum absolute atomic E-state index is 0.308. The highest BCUT2D eigenvalue weighted by Gasteiger charge is 1.98. The molecule has 0 atom stereocenters. The van der Waals surface area contributed by atoms with Crippen molar-refractivity contribution in [3.05, 3.63) is 47.8 Å². The molecule has 0 aromatic heterocycles. The van der Waals surface area contributed by atoms with Crippen LogP contribution in [0.3, 0.4) is 0 Å². The lowest BCUT2D eigenvalue weighted by molar-refractivity contribution is -0.137. The van der Waals surface area contributed by atoms with E-state index >= 15 is 0 Å². The molecule has 0 aliphatic rings. The van der Waals surface area contributed by atoms with Crippen molar-refractivity contribution >= 4 is 5.97 Å². The largest absolute Gasteiger partial charge is 0.463 e. The molecule has 0 bridgehead atoms. The van der Waals surface area contributed by atoms with E-state index in [0.29, 0.717) is 19.0 Å². The predicted octanol–water partition coefficient (Wildman–Crippen LogP) is 1.14. The Balaban J connectivity index is 2.40. The van der Waals surface area contributed by atoms with Crippen molar-refractivity contribution in [1.82, 2.24) is 5.32 Å². The van der Waals surface area contributed by atoms with Crippen LogP contribution in [0.2, 0.25) is 0 Å². The summed E-state index contributed by atoms with van der Waals surface area (Å²) in [5.74, 6) is -0.122. The Morgan fingerprint density at radius 3 is 2.75 bits per heavy atom. The number of hydrogen-bond acceptors (Lipinski definition) is 4. The zero-order chi connectivity index (χ0) is 11.8. The zero-order valence-corrected chi connectivity index (χ0v) is 9.27. The molecule has 4 nitrogen and oxygen atoms in total. The van der Waals surface area contributed by atoms with Gasteiger partial charge in [-0.25, -0.2) is 4.79 Å². The third-order valence-corrected chi connectivity index (χ3v) is 1.90. The highest BCUT2D eigenvalue weighted by atomic mass is 16.5. The second-order valence-electron chi connectivity index (χ2n) is 3.19. The van der Waals surface area contributed by atoms with Gasteiger partial charge < -0.3 is 15.8 Å². The first-order valence-electron chi connectivity index (χ1n) is 5.14. The smallest absolute Gasteiger partial charge is 0.334 e. The zero-order valence-electron chi connectivity index (χ0n) is 9.27. The summed E-state index contributed by atoms with van der Waals surface area (Å²) in [6, 6.07) is 9.79. The van der Waals surface area contributed by atoms with Gasteiger partial charge in [0.25, 0.3) is 0 Å². The molecular weight excluding hydrogens is 204 g/mol. The molecule has 0 heterocycles. The molecule has 0 aliphatic heterocycles. The van der Waals surface area contributed by atoms with Gasteiger partial charge in [0.15, 0.2) is 0 Å². The lowest BCUT2D eigenvalue weighted by atomic mass is 10.2. The summed E-state index contributed by atoms with van der Waals surface area (Å²) in [6.07, 6.45) is 1.24. The van der Waals surface area contributed by atoms with E-state index in [9.17, 15) is 4.79 Å². The van der Waals surface area contributed by atoms with E-state index in [0.717, 1.165) is 5.56 Å². The quantitative estimate of drug-likeness (QED) is 0.577. The van der Waals surface area contributed by atoms with E-state index in [4.69, 9.17) is 10.5 Å². The van der Waals surface area contributed by atoms with Gasteiger partial charge in [-0.15, -0.1) is 0 Å². The van der Waals surface area contributed by atoms with Crippen LogP contribution in [0.15, 0.2) is 42.2 Å². The fraction of sp³-hybridized carbons (Fsp3) is 0.250. The third kappa shape index (κ3) is 4.50. The molecule has 0 spiro atoms. The SMILES string of the molecule is CCOC(=O)C=C(N)NCc1ccccc1.